The molecule has 1 aliphatic heterocycles. The number of carbonyl (C=O) groups is 1. The quantitative estimate of drug-likeness (QED) is 0.789. The molecule has 1 aliphatic rings. The van der Waals surface area contributed by atoms with Crippen LogP contribution in [-0.4, -0.2) is 30.3 Å². The van der Waals surface area contributed by atoms with Crippen LogP contribution in [0, 0.1) is 5.92 Å². The monoisotopic (exact) mass is 267 g/mol. The molecule has 3 rings (SSSR count). The fourth-order valence-corrected chi connectivity index (χ4v) is 2.98. The van der Waals surface area contributed by atoms with Crippen LogP contribution in [0.25, 0.3) is 10.8 Å². The normalized spacial score (nSPS) is 17.4. The zero-order valence-electron chi connectivity index (χ0n) is 12.0. The smallest absolute Gasteiger partial charge is 0.177 e. The second-order valence-electron chi connectivity index (χ2n) is 5.91. The van der Waals surface area contributed by atoms with Gasteiger partial charge in [-0.1, -0.05) is 49.4 Å². The molecule has 0 N–H and O–H groups in total. The summed E-state index contributed by atoms with van der Waals surface area (Å²) in [5.74, 6) is 1.05. The van der Waals surface area contributed by atoms with Crippen LogP contribution in [0.15, 0.2) is 42.5 Å². The van der Waals surface area contributed by atoms with E-state index in [1.165, 1.54) is 12.8 Å². The topological polar surface area (TPSA) is 20.3 Å². The summed E-state index contributed by atoms with van der Waals surface area (Å²) in [6.45, 7) is 4.96. The average molecular weight is 267 g/mol. The molecular formula is C18H21NO. The Morgan fingerprint density at radius 2 is 1.80 bits per heavy atom. The molecule has 0 saturated carbocycles. The van der Waals surface area contributed by atoms with E-state index in [4.69, 9.17) is 0 Å². The maximum Gasteiger partial charge on any atom is 0.177 e. The number of ketones is 1. The van der Waals surface area contributed by atoms with Crippen LogP contribution < -0.4 is 0 Å². The van der Waals surface area contributed by atoms with Crippen molar-refractivity contribution >= 4 is 16.6 Å². The van der Waals surface area contributed by atoms with Crippen molar-refractivity contribution in [3.05, 3.63) is 48.0 Å². The second-order valence-corrected chi connectivity index (χ2v) is 5.91. The van der Waals surface area contributed by atoms with E-state index < -0.39 is 0 Å². The maximum atomic E-state index is 12.6. The Morgan fingerprint density at radius 1 is 1.10 bits per heavy atom. The minimum absolute atomic E-state index is 0.247. The van der Waals surface area contributed by atoms with Gasteiger partial charge in [-0.05, 0) is 42.6 Å². The number of rotatable bonds is 3. The largest absolute Gasteiger partial charge is 0.296 e. The molecule has 2 heteroatoms. The van der Waals surface area contributed by atoms with Gasteiger partial charge in [-0.2, -0.15) is 0 Å². The molecule has 0 unspecified atom stereocenters. The molecule has 0 aromatic heterocycles. The van der Waals surface area contributed by atoms with E-state index in [1.807, 2.05) is 30.3 Å². The molecule has 0 atom stereocenters. The summed E-state index contributed by atoms with van der Waals surface area (Å²) in [5.41, 5.74) is 0.863. The van der Waals surface area contributed by atoms with Crippen molar-refractivity contribution in [2.45, 2.75) is 19.8 Å². The molecule has 0 amide bonds. The number of likely N-dealkylation sites (tertiary alicyclic amines) is 1. The van der Waals surface area contributed by atoms with Gasteiger partial charge < -0.3 is 0 Å². The van der Waals surface area contributed by atoms with Crippen LogP contribution in [-0.2, 0) is 0 Å². The summed E-state index contributed by atoms with van der Waals surface area (Å²) in [6, 6.07) is 14.1. The van der Waals surface area contributed by atoms with Crippen molar-refractivity contribution in [2.75, 3.05) is 19.6 Å². The SMILES string of the molecule is CC1CCN(CC(=O)c2cccc3ccccc23)CC1. The first-order chi connectivity index (χ1) is 9.74. The Labute approximate surface area is 120 Å². The van der Waals surface area contributed by atoms with Crippen LogP contribution in [0.4, 0.5) is 0 Å². The number of benzene rings is 2. The Hall–Kier alpha value is -1.67. The number of hydrogen-bond acceptors (Lipinski definition) is 2. The second kappa shape index (κ2) is 5.76. The van der Waals surface area contributed by atoms with E-state index in [0.29, 0.717) is 6.54 Å². The van der Waals surface area contributed by atoms with Crippen molar-refractivity contribution in [3.63, 3.8) is 0 Å². The standard InChI is InChI=1S/C18H21NO/c1-14-9-11-19(12-10-14)13-18(20)17-8-4-6-15-5-2-3-7-16(15)17/h2-8,14H,9-13H2,1H3. The summed E-state index contributed by atoms with van der Waals surface area (Å²) in [6.07, 6.45) is 2.42. The number of Topliss-reactive ketones (excluding diaryl/α,β-unsaturated/α-hetero) is 1. The van der Waals surface area contributed by atoms with Gasteiger partial charge in [0.15, 0.2) is 5.78 Å². The highest BCUT2D eigenvalue weighted by molar-refractivity contribution is 6.09. The number of fused-ring (bicyclic) bond motifs is 1. The first-order valence-electron chi connectivity index (χ1n) is 7.47. The van der Waals surface area contributed by atoms with Crippen molar-refractivity contribution in [3.8, 4) is 0 Å². The summed E-state index contributed by atoms with van der Waals surface area (Å²) in [5, 5.41) is 2.22. The minimum atomic E-state index is 0.247. The third-order valence-corrected chi connectivity index (χ3v) is 4.33. The summed E-state index contributed by atoms with van der Waals surface area (Å²) in [7, 11) is 0. The van der Waals surface area contributed by atoms with Gasteiger partial charge >= 0.3 is 0 Å². The number of hydrogen-bond donors (Lipinski definition) is 0. The van der Waals surface area contributed by atoms with E-state index in [2.05, 4.69) is 24.0 Å². The average Bonchev–Trinajstić information content (AvgIpc) is 2.49. The Balaban J connectivity index is 1.79. The summed E-state index contributed by atoms with van der Waals surface area (Å²) >= 11 is 0. The van der Waals surface area contributed by atoms with Crippen LogP contribution in [0.5, 0.6) is 0 Å². The zero-order chi connectivity index (χ0) is 13.9. The van der Waals surface area contributed by atoms with Gasteiger partial charge in [-0.15, -0.1) is 0 Å². The van der Waals surface area contributed by atoms with Crippen LogP contribution in [0.1, 0.15) is 30.1 Å². The van der Waals surface area contributed by atoms with Crippen LogP contribution in [0.2, 0.25) is 0 Å². The molecule has 104 valence electrons. The molecule has 2 aromatic carbocycles. The summed E-state index contributed by atoms with van der Waals surface area (Å²) in [4.78, 5) is 14.9. The van der Waals surface area contributed by atoms with E-state index >= 15 is 0 Å². The van der Waals surface area contributed by atoms with Crippen molar-refractivity contribution < 1.29 is 4.79 Å². The highest BCUT2D eigenvalue weighted by atomic mass is 16.1. The third kappa shape index (κ3) is 2.75. The highest BCUT2D eigenvalue weighted by Crippen LogP contribution is 2.21. The lowest BCUT2D eigenvalue weighted by atomic mass is 9.97. The first-order valence-corrected chi connectivity index (χ1v) is 7.47. The Morgan fingerprint density at radius 3 is 2.60 bits per heavy atom. The van der Waals surface area contributed by atoms with Gasteiger partial charge in [0.1, 0.15) is 0 Å². The predicted molar refractivity (Wildman–Crippen MR) is 83.1 cm³/mol. The summed E-state index contributed by atoms with van der Waals surface area (Å²) < 4.78 is 0. The minimum Gasteiger partial charge on any atom is -0.296 e. The van der Waals surface area contributed by atoms with Gasteiger partial charge in [-0.25, -0.2) is 0 Å². The van der Waals surface area contributed by atoms with Gasteiger partial charge in [0.05, 0.1) is 6.54 Å². The molecule has 2 aromatic rings. The fourth-order valence-electron chi connectivity index (χ4n) is 2.98. The van der Waals surface area contributed by atoms with Crippen LogP contribution >= 0.6 is 0 Å². The van der Waals surface area contributed by atoms with E-state index in [1.54, 1.807) is 0 Å². The molecule has 1 heterocycles. The number of carbonyl (C=O) groups excluding carboxylic acids is 1. The molecule has 1 saturated heterocycles. The predicted octanol–water partition coefficient (Wildman–Crippen LogP) is 3.75. The fraction of sp³-hybridized carbons (Fsp3) is 0.389. The molecule has 1 fully saturated rings. The van der Waals surface area contributed by atoms with Gasteiger partial charge in [0, 0.05) is 5.56 Å². The maximum absolute atomic E-state index is 12.6. The van der Waals surface area contributed by atoms with Gasteiger partial charge in [-0.3, -0.25) is 9.69 Å². The molecule has 0 bridgehead atoms. The van der Waals surface area contributed by atoms with Crippen molar-refractivity contribution in [2.24, 2.45) is 5.92 Å². The first kappa shape index (κ1) is 13.3. The molecule has 20 heavy (non-hydrogen) atoms. The molecular weight excluding hydrogens is 246 g/mol. The van der Waals surface area contributed by atoms with E-state index in [9.17, 15) is 4.79 Å². The highest BCUT2D eigenvalue weighted by Gasteiger charge is 2.19. The molecule has 0 radical (unpaired) electrons. The van der Waals surface area contributed by atoms with Crippen molar-refractivity contribution in [1.29, 1.82) is 0 Å². The number of nitrogens with zero attached hydrogens (tertiary/aromatic N) is 1. The lowest BCUT2D eigenvalue weighted by molar-refractivity contribution is 0.0901. The lowest BCUT2D eigenvalue weighted by Crippen LogP contribution is -2.36. The van der Waals surface area contributed by atoms with Crippen molar-refractivity contribution in [1.82, 2.24) is 4.90 Å². The Kier molecular flexibility index (Phi) is 3.83. The van der Waals surface area contributed by atoms with Gasteiger partial charge in [0.2, 0.25) is 0 Å². The van der Waals surface area contributed by atoms with E-state index in [0.717, 1.165) is 35.3 Å². The Bertz CT molecular complexity index is 606. The number of piperidine rings is 1. The van der Waals surface area contributed by atoms with Crippen LogP contribution in [0.3, 0.4) is 0 Å². The molecule has 0 aliphatic carbocycles. The molecule has 0 spiro atoms. The lowest BCUT2D eigenvalue weighted by Gasteiger charge is -2.29. The third-order valence-electron chi connectivity index (χ3n) is 4.33. The van der Waals surface area contributed by atoms with E-state index in [-0.39, 0.29) is 5.78 Å². The zero-order valence-corrected chi connectivity index (χ0v) is 12.0. The van der Waals surface area contributed by atoms with Gasteiger partial charge in [0.25, 0.3) is 0 Å². The molecule has 2 nitrogen and oxygen atoms in total.